The molecule has 0 spiro atoms. The zero-order valence-corrected chi connectivity index (χ0v) is 12.8. The average molecular weight is 281 g/mol. The Morgan fingerprint density at radius 3 is 2.80 bits per heavy atom. The van der Waals surface area contributed by atoms with Crippen molar-refractivity contribution in [3.05, 3.63) is 12.2 Å². The van der Waals surface area contributed by atoms with Gasteiger partial charge >= 0.3 is 0 Å². The van der Waals surface area contributed by atoms with Crippen LogP contribution in [0, 0.1) is 11.3 Å². The van der Waals surface area contributed by atoms with Crippen molar-refractivity contribution < 1.29 is 14.6 Å². The van der Waals surface area contributed by atoms with Gasteiger partial charge in [-0.1, -0.05) is 26.0 Å². The zero-order valence-electron chi connectivity index (χ0n) is 12.8. The van der Waals surface area contributed by atoms with Crippen LogP contribution in [0.3, 0.4) is 0 Å². The van der Waals surface area contributed by atoms with E-state index in [4.69, 9.17) is 4.74 Å². The van der Waals surface area contributed by atoms with E-state index < -0.39 is 5.60 Å². The molecule has 4 heteroatoms. The van der Waals surface area contributed by atoms with Crippen LogP contribution in [-0.4, -0.2) is 35.9 Å². The molecule has 2 N–H and O–H groups in total. The van der Waals surface area contributed by atoms with Crippen LogP contribution < -0.4 is 5.32 Å². The summed E-state index contributed by atoms with van der Waals surface area (Å²) in [6, 6.07) is 0. The van der Waals surface area contributed by atoms with Gasteiger partial charge in [-0.15, -0.1) is 0 Å². The molecule has 114 valence electrons. The summed E-state index contributed by atoms with van der Waals surface area (Å²) >= 11 is 0. The minimum atomic E-state index is -0.853. The number of hydrogen-bond acceptors (Lipinski definition) is 3. The summed E-state index contributed by atoms with van der Waals surface area (Å²) in [5.41, 5.74) is -1.17. The van der Waals surface area contributed by atoms with Crippen molar-refractivity contribution in [3.8, 4) is 0 Å². The van der Waals surface area contributed by atoms with E-state index in [-0.39, 0.29) is 17.4 Å². The number of nitrogens with one attached hydrogen (secondary N) is 1. The predicted octanol–water partition coefficient (Wildman–Crippen LogP) is 2.02. The first-order valence-corrected chi connectivity index (χ1v) is 7.66. The lowest BCUT2D eigenvalue weighted by Crippen LogP contribution is -2.68. The monoisotopic (exact) mass is 281 g/mol. The highest BCUT2D eigenvalue weighted by Crippen LogP contribution is 2.50. The van der Waals surface area contributed by atoms with Gasteiger partial charge in [0.1, 0.15) is 0 Å². The van der Waals surface area contributed by atoms with Crippen molar-refractivity contribution in [2.45, 2.75) is 58.2 Å². The van der Waals surface area contributed by atoms with Gasteiger partial charge < -0.3 is 15.2 Å². The molecule has 0 heterocycles. The standard InChI is InChI=1S/C16H27NO3/c1-4-20-13-10-16(19,15(13,2)3)11-17-14(18)9-12-7-5-6-8-12/h5,7,12-13,19H,4,6,8-11H2,1-3H3,(H,17,18)/t12-,13+,16-/m0/s1. The van der Waals surface area contributed by atoms with Crippen LogP contribution >= 0.6 is 0 Å². The Morgan fingerprint density at radius 1 is 1.50 bits per heavy atom. The molecule has 1 fully saturated rings. The summed E-state index contributed by atoms with van der Waals surface area (Å²) in [6.45, 7) is 6.94. The topological polar surface area (TPSA) is 58.6 Å². The molecule has 2 rings (SSSR count). The first kappa shape index (κ1) is 15.5. The molecule has 4 nitrogen and oxygen atoms in total. The lowest BCUT2D eigenvalue weighted by molar-refractivity contribution is -0.238. The van der Waals surface area contributed by atoms with Gasteiger partial charge in [0, 0.05) is 31.4 Å². The van der Waals surface area contributed by atoms with Gasteiger partial charge in [-0.25, -0.2) is 0 Å². The van der Waals surface area contributed by atoms with Crippen LogP contribution in [0.1, 0.15) is 46.5 Å². The molecule has 2 aliphatic carbocycles. The van der Waals surface area contributed by atoms with Gasteiger partial charge in [0.05, 0.1) is 11.7 Å². The van der Waals surface area contributed by atoms with E-state index in [9.17, 15) is 9.90 Å². The number of amides is 1. The van der Waals surface area contributed by atoms with E-state index >= 15 is 0 Å². The van der Waals surface area contributed by atoms with E-state index in [1.165, 1.54) is 0 Å². The number of carbonyl (C=O) groups is 1. The first-order valence-electron chi connectivity index (χ1n) is 7.66. The number of rotatable bonds is 6. The van der Waals surface area contributed by atoms with Crippen LogP contribution in [0.25, 0.3) is 0 Å². The minimum absolute atomic E-state index is 0.0330. The van der Waals surface area contributed by atoms with Crippen molar-refractivity contribution in [3.63, 3.8) is 0 Å². The number of hydrogen-bond donors (Lipinski definition) is 2. The molecule has 0 saturated heterocycles. The van der Waals surface area contributed by atoms with Crippen LogP contribution in [0.2, 0.25) is 0 Å². The van der Waals surface area contributed by atoms with Crippen molar-refractivity contribution in [1.29, 1.82) is 0 Å². The van der Waals surface area contributed by atoms with E-state index in [1.54, 1.807) is 0 Å². The van der Waals surface area contributed by atoms with Crippen LogP contribution in [0.4, 0.5) is 0 Å². The molecule has 1 amide bonds. The van der Waals surface area contributed by atoms with Crippen molar-refractivity contribution in [1.82, 2.24) is 5.32 Å². The average Bonchev–Trinajstić information content (AvgIpc) is 2.89. The molecule has 0 radical (unpaired) electrons. The van der Waals surface area contributed by atoms with Crippen LogP contribution in [-0.2, 0) is 9.53 Å². The molecule has 20 heavy (non-hydrogen) atoms. The van der Waals surface area contributed by atoms with Crippen molar-refractivity contribution in [2.75, 3.05) is 13.2 Å². The first-order chi connectivity index (χ1) is 9.39. The summed E-state index contributed by atoms with van der Waals surface area (Å²) in [4.78, 5) is 11.9. The molecule has 0 unspecified atom stereocenters. The quantitative estimate of drug-likeness (QED) is 0.732. The van der Waals surface area contributed by atoms with Gasteiger partial charge in [-0.3, -0.25) is 4.79 Å². The summed E-state index contributed by atoms with van der Waals surface area (Å²) in [5, 5.41) is 13.5. The Bertz CT molecular complexity index is 391. The van der Waals surface area contributed by atoms with E-state index in [1.807, 2.05) is 20.8 Å². The molecule has 0 bridgehead atoms. The number of ether oxygens (including phenoxy) is 1. The smallest absolute Gasteiger partial charge is 0.220 e. The minimum Gasteiger partial charge on any atom is -0.387 e. The largest absolute Gasteiger partial charge is 0.387 e. The normalized spacial score (nSPS) is 34.8. The van der Waals surface area contributed by atoms with Gasteiger partial charge in [0.25, 0.3) is 0 Å². The second-order valence-electron chi connectivity index (χ2n) is 6.65. The maximum atomic E-state index is 11.9. The molecular weight excluding hydrogens is 254 g/mol. The fourth-order valence-electron chi connectivity index (χ4n) is 3.18. The highest BCUT2D eigenvalue weighted by Gasteiger charge is 2.59. The maximum absolute atomic E-state index is 11.9. The number of aliphatic hydroxyl groups is 1. The van der Waals surface area contributed by atoms with Crippen molar-refractivity contribution >= 4 is 5.91 Å². The Morgan fingerprint density at radius 2 is 2.25 bits per heavy atom. The third kappa shape index (κ3) is 2.91. The fourth-order valence-corrected chi connectivity index (χ4v) is 3.18. The maximum Gasteiger partial charge on any atom is 0.220 e. The second kappa shape index (κ2) is 5.86. The number of allylic oxidation sites excluding steroid dienone is 2. The van der Waals surface area contributed by atoms with Crippen LogP contribution in [0.5, 0.6) is 0 Å². The molecule has 2 aliphatic rings. The van der Waals surface area contributed by atoms with Gasteiger partial charge in [0.15, 0.2) is 0 Å². The summed E-state index contributed by atoms with van der Waals surface area (Å²) in [7, 11) is 0. The van der Waals surface area contributed by atoms with Crippen LogP contribution in [0.15, 0.2) is 12.2 Å². The van der Waals surface area contributed by atoms with E-state index in [2.05, 4.69) is 17.5 Å². The summed E-state index contributed by atoms with van der Waals surface area (Å²) in [5.74, 6) is 0.404. The fraction of sp³-hybridized carbons (Fsp3) is 0.812. The highest BCUT2D eigenvalue weighted by atomic mass is 16.5. The third-order valence-electron chi connectivity index (χ3n) is 5.03. The second-order valence-corrected chi connectivity index (χ2v) is 6.65. The molecule has 3 atom stereocenters. The predicted molar refractivity (Wildman–Crippen MR) is 78.3 cm³/mol. The zero-order chi connectivity index (χ0) is 14.8. The highest BCUT2D eigenvalue weighted by molar-refractivity contribution is 5.76. The molecule has 1 saturated carbocycles. The Hall–Kier alpha value is -0.870. The van der Waals surface area contributed by atoms with Gasteiger partial charge in [0.2, 0.25) is 5.91 Å². The van der Waals surface area contributed by atoms with E-state index in [0.29, 0.717) is 31.9 Å². The summed E-state index contributed by atoms with van der Waals surface area (Å²) < 4.78 is 5.62. The molecule has 0 aromatic heterocycles. The van der Waals surface area contributed by atoms with E-state index in [0.717, 1.165) is 12.8 Å². The Labute approximate surface area is 121 Å². The molecular formula is C16H27NO3. The lowest BCUT2D eigenvalue weighted by Gasteiger charge is -2.57. The third-order valence-corrected chi connectivity index (χ3v) is 5.03. The Balaban J connectivity index is 1.78. The lowest BCUT2D eigenvalue weighted by atomic mass is 9.56. The Kier molecular flexibility index (Phi) is 4.55. The van der Waals surface area contributed by atoms with Gasteiger partial charge in [-0.2, -0.15) is 0 Å². The van der Waals surface area contributed by atoms with Crippen molar-refractivity contribution in [2.24, 2.45) is 11.3 Å². The molecule has 0 aromatic rings. The number of carbonyl (C=O) groups excluding carboxylic acids is 1. The van der Waals surface area contributed by atoms with Gasteiger partial charge in [-0.05, 0) is 25.7 Å². The summed E-state index contributed by atoms with van der Waals surface area (Å²) in [6.07, 6.45) is 7.59. The molecule has 0 aliphatic heterocycles. The molecule has 0 aromatic carbocycles. The SMILES string of the molecule is CCO[C@@H]1C[C@](O)(CNC(=O)C[C@H]2C=CCC2)C1(C)C.